The molecule has 0 saturated carbocycles. The predicted molar refractivity (Wildman–Crippen MR) is 112 cm³/mol. The SMILES string of the molecule is O=C(CNC(=O)Cc1ccccc1)NCCc1ccc(N2CCCCC2)cc1. The molecule has 1 aliphatic heterocycles. The minimum Gasteiger partial charge on any atom is -0.372 e. The maximum absolute atomic E-state index is 11.9. The van der Waals surface area contributed by atoms with Crippen molar-refractivity contribution in [1.29, 1.82) is 0 Å². The second-order valence-electron chi connectivity index (χ2n) is 7.25. The number of nitrogens with one attached hydrogen (secondary N) is 2. The van der Waals surface area contributed by atoms with Crippen molar-refractivity contribution in [3.63, 3.8) is 0 Å². The molecule has 5 heteroatoms. The van der Waals surface area contributed by atoms with E-state index in [1.54, 1.807) is 0 Å². The molecule has 148 valence electrons. The van der Waals surface area contributed by atoms with Crippen LogP contribution in [0.2, 0.25) is 0 Å². The van der Waals surface area contributed by atoms with Gasteiger partial charge >= 0.3 is 0 Å². The number of amides is 2. The van der Waals surface area contributed by atoms with E-state index in [9.17, 15) is 9.59 Å². The molecule has 0 bridgehead atoms. The fourth-order valence-electron chi connectivity index (χ4n) is 3.46. The van der Waals surface area contributed by atoms with Crippen LogP contribution in [0.4, 0.5) is 5.69 Å². The van der Waals surface area contributed by atoms with Gasteiger partial charge in [-0.1, -0.05) is 42.5 Å². The lowest BCUT2D eigenvalue weighted by Gasteiger charge is -2.28. The fourth-order valence-corrected chi connectivity index (χ4v) is 3.46. The molecule has 0 unspecified atom stereocenters. The third-order valence-electron chi connectivity index (χ3n) is 5.05. The number of anilines is 1. The molecule has 1 saturated heterocycles. The molecular weight excluding hydrogens is 350 g/mol. The standard InChI is InChI=1S/C23H29N3O2/c27-22(17-20-7-3-1-4-8-20)25-18-23(28)24-14-13-19-9-11-21(12-10-19)26-15-5-2-6-16-26/h1,3-4,7-12H,2,5-6,13-18H2,(H,24,28)(H,25,27). The molecule has 2 aromatic carbocycles. The Bertz CT molecular complexity index is 753. The van der Waals surface area contributed by atoms with Crippen LogP contribution >= 0.6 is 0 Å². The Kier molecular flexibility index (Phi) is 7.47. The zero-order valence-corrected chi connectivity index (χ0v) is 16.3. The van der Waals surface area contributed by atoms with Gasteiger partial charge in [-0.2, -0.15) is 0 Å². The van der Waals surface area contributed by atoms with Gasteiger partial charge in [0.25, 0.3) is 0 Å². The predicted octanol–water partition coefficient (Wildman–Crippen LogP) is 2.69. The molecule has 1 fully saturated rings. The summed E-state index contributed by atoms with van der Waals surface area (Å²) in [7, 11) is 0. The van der Waals surface area contributed by atoms with Gasteiger partial charge in [0.05, 0.1) is 13.0 Å². The van der Waals surface area contributed by atoms with Gasteiger partial charge in [0.1, 0.15) is 0 Å². The highest BCUT2D eigenvalue weighted by atomic mass is 16.2. The van der Waals surface area contributed by atoms with Crippen molar-refractivity contribution in [2.75, 3.05) is 31.1 Å². The highest BCUT2D eigenvalue weighted by molar-refractivity contribution is 5.85. The lowest BCUT2D eigenvalue weighted by atomic mass is 10.1. The van der Waals surface area contributed by atoms with E-state index in [2.05, 4.69) is 39.8 Å². The summed E-state index contributed by atoms with van der Waals surface area (Å²) in [6.07, 6.45) is 4.95. The lowest BCUT2D eigenvalue weighted by Crippen LogP contribution is -2.38. The quantitative estimate of drug-likeness (QED) is 0.741. The van der Waals surface area contributed by atoms with Crippen molar-refractivity contribution in [3.05, 3.63) is 65.7 Å². The van der Waals surface area contributed by atoms with E-state index >= 15 is 0 Å². The van der Waals surface area contributed by atoms with E-state index in [4.69, 9.17) is 0 Å². The van der Waals surface area contributed by atoms with Crippen molar-refractivity contribution in [3.8, 4) is 0 Å². The van der Waals surface area contributed by atoms with E-state index in [1.807, 2.05) is 30.3 Å². The van der Waals surface area contributed by atoms with E-state index < -0.39 is 0 Å². The van der Waals surface area contributed by atoms with E-state index in [0.717, 1.165) is 25.1 Å². The summed E-state index contributed by atoms with van der Waals surface area (Å²) < 4.78 is 0. The first-order valence-electron chi connectivity index (χ1n) is 10.1. The Hall–Kier alpha value is -2.82. The highest BCUT2D eigenvalue weighted by Crippen LogP contribution is 2.20. The van der Waals surface area contributed by atoms with Crippen LogP contribution in [0.1, 0.15) is 30.4 Å². The number of carbonyl (C=O) groups is 2. The van der Waals surface area contributed by atoms with Gasteiger partial charge in [0, 0.05) is 25.3 Å². The number of carbonyl (C=O) groups excluding carboxylic acids is 2. The van der Waals surface area contributed by atoms with Crippen molar-refractivity contribution in [2.45, 2.75) is 32.1 Å². The molecule has 5 nitrogen and oxygen atoms in total. The van der Waals surface area contributed by atoms with Gasteiger partial charge in [-0.25, -0.2) is 0 Å². The summed E-state index contributed by atoms with van der Waals surface area (Å²) in [5.41, 5.74) is 3.43. The largest absolute Gasteiger partial charge is 0.372 e. The summed E-state index contributed by atoms with van der Waals surface area (Å²) >= 11 is 0. The van der Waals surface area contributed by atoms with Gasteiger partial charge in [0.2, 0.25) is 11.8 Å². The second kappa shape index (κ2) is 10.5. The first-order chi connectivity index (χ1) is 13.7. The first kappa shape index (κ1) is 19.9. The van der Waals surface area contributed by atoms with Crippen LogP contribution in [0, 0.1) is 0 Å². The average Bonchev–Trinajstić information content (AvgIpc) is 2.74. The molecule has 0 atom stereocenters. The maximum atomic E-state index is 11.9. The van der Waals surface area contributed by atoms with Crippen LogP contribution < -0.4 is 15.5 Å². The molecule has 3 rings (SSSR count). The molecule has 28 heavy (non-hydrogen) atoms. The minimum atomic E-state index is -0.161. The molecule has 1 aliphatic rings. The zero-order valence-electron chi connectivity index (χ0n) is 16.3. The minimum absolute atomic E-state index is 0.0135. The van der Waals surface area contributed by atoms with Crippen LogP contribution in [-0.4, -0.2) is 38.0 Å². The third kappa shape index (κ3) is 6.41. The number of piperidine rings is 1. The Morgan fingerprint density at radius 3 is 2.21 bits per heavy atom. The van der Waals surface area contributed by atoms with Gasteiger partial charge in [-0.3, -0.25) is 9.59 Å². The molecular formula is C23H29N3O2. The molecule has 0 radical (unpaired) electrons. The smallest absolute Gasteiger partial charge is 0.239 e. The summed E-state index contributed by atoms with van der Waals surface area (Å²) in [4.78, 5) is 26.2. The number of rotatable bonds is 8. The molecule has 1 heterocycles. The lowest BCUT2D eigenvalue weighted by molar-refractivity contribution is -0.125. The number of nitrogens with zero attached hydrogens (tertiary/aromatic N) is 1. The zero-order chi connectivity index (χ0) is 19.6. The normalized spacial score (nSPS) is 13.8. The topological polar surface area (TPSA) is 61.4 Å². The van der Waals surface area contributed by atoms with Crippen molar-refractivity contribution >= 4 is 17.5 Å². The van der Waals surface area contributed by atoms with Crippen molar-refractivity contribution in [1.82, 2.24) is 10.6 Å². The van der Waals surface area contributed by atoms with E-state index in [1.165, 1.54) is 30.5 Å². The molecule has 0 aliphatic carbocycles. The maximum Gasteiger partial charge on any atom is 0.239 e. The molecule has 0 spiro atoms. The summed E-state index contributed by atoms with van der Waals surface area (Å²) in [6, 6.07) is 18.1. The summed E-state index contributed by atoms with van der Waals surface area (Å²) in [5.74, 6) is -0.305. The Balaban J connectivity index is 1.33. The van der Waals surface area contributed by atoms with Crippen molar-refractivity contribution < 1.29 is 9.59 Å². The Labute approximate surface area is 167 Å². The number of hydrogen-bond acceptors (Lipinski definition) is 3. The average molecular weight is 380 g/mol. The fraction of sp³-hybridized carbons (Fsp3) is 0.391. The Morgan fingerprint density at radius 2 is 1.50 bits per heavy atom. The monoisotopic (exact) mass is 379 g/mol. The molecule has 2 N–H and O–H groups in total. The highest BCUT2D eigenvalue weighted by Gasteiger charge is 2.10. The van der Waals surface area contributed by atoms with Crippen LogP contribution in [0.15, 0.2) is 54.6 Å². The molecule has 2 amide bonds. The van der Waals surface area contributed by atoms with Gasteiger partial charge < -0.3 is 15.5 Å². The van der Waals surface area contributed by atoms with Crippen molar-refractivity contribution in [2.24, 2.45) is 0 Å². The van der Waals surface area contributed by atoms with Gasteiger partial charge in [0.15, 0.2) is 0 Å². The number of hydrogen-bond donors (Lipinski definition) is 2. The van der Waals surface area contributed by atoms with Crippen LogP contribution in [-0.2, 0) is 22.4 Å². The molecule has 0 aromatic heterocycles. The summed E-state index contributed by atoms with van der Waals surface area (Å²) in [6.45, 7) is 2.87. The number of benzene rings is 2. The van der Waals surface area contributed by atoms with E-state index in [0.29, 0.717) is 6.54 Å². The van der Waals surface area contributed by atoms with Crippen LogP contribution in [0.25, 0.3) is 0 Å². The van der Waals surface area contributed by atoms with Gasteiger partial charge in [-0.05, 0) is 48.9 Å². The van der Waals surface area contributed by atoms with Gasteiger partial charge in [-0.15, -0.1) is 0 Å². The Morgan fingerprint density at radius 1 is 0.786 bits per heavy atom. The van der Waals surface area contributed by atoms with Crippen LogP contribution in [0.3, 0.4) is 0 Å². The van der Waals surface area contributed by atoms with E-state index in [-0.39, 0.29) is 24.8 Å². The van der Waals surface area contributed by atoms with Crippen LogP contribution in [0.5, 0.6) is 0 Å². The summed E-state index contributed by atoms with van der Waals surface area (Å²) in [5, 5.41) is 5.53. The molecule has 2 aromatic rings. The second-order valence-corrected chi connectivity index (χ2v) is 7.25. The first-order valence-corrected chi connectivity index (χ1v) is 10.1. The third-order valence-corrected chi connectivity index (χ3v) is 5.05.